The third-order valence-electron chi connectivity index (χ3n) is 3.52. The molecule has 4 unspecified atom stereocenters. The average Bonchev–Trinajstić information content (AvgIpc) is 2.63. The summed E-state index contributed by atoms with van der Waals surface area (Å²) in [5.74, 6) is -1.79. The summed E-state index contributed by atoms with van der Waals surface area (Å²) in [4.78, 5) is 15.0. The number of ether oxygens (including phenoxy) is 1. The van der Waals surface area contributed by atoms with Crippen LogP contribution in [0.3, 0.4) is 0 Å². The molecule has 1 saturated heterocycles. The van der Waals surface area contributed by atoms with Crippen molar-refractivity contribution in [3.8, 4) is 6.07 Å². The van der Waals surface area contributed by atoms with Gasteiger partial charge in [0, 0.05) is 0 Å². The summed E-state index contributed by atoms with van der Waals surface area (Å²) in [5, 5.41) is 38.7. The maximum atomic E-state index is 13.5. The Morgan fingerprint density at radius 3 is 2.81 bits per heavy atom. The standard InChI is InChI=1S/C11H13FN4O5/c1-10(20)7(18)6(3-17)21-11(10,4-13)16-2-5(12)8(14)15-9(16)19/h2,6-7,17-18,20H,3H2,1H3,(H2,14,15,19). The van der Waals surface area contributed by atoms with E-state index in [9.17, 15) is 24.7 Å². The lowest BCUT2D eigenvalue weighted by Gasteiger charge is -2.34. The van der Waals surface area contributed by atoms with E-state index >= 15 is 0 Å². The molecule has 9 nitrogen and oxygen atoms in total. The first kappa shape index (κ1) is 15.3. The van der Waals surface area contributed by atoms with E-state index < -0.39 is 47.5 Å². The zero-order chi connectivity index (χ0) is 16.0. The van der Waals surface area contributed by atoms with E-state index in [4.69, 9.17) is 15.6 Å². The maximum Gasteiger partial charge on any atom is 0.352 e. The number of nitrogens with zero attached hydrogens (tertiary/aromatic N) is 3. The van der Waals surface area contributed by atoms with Gasteiger partial charge in [0.15, 0.2) is 17.2 Å². The van der Waals surface area contributed by atoms with Crippen LogP contribution in [0.4, 0.5) is 10.2 Å². The molecule has 0 bridgehead atoms. The number of anilines is 1. The molecule has 0 aliphatic carbocycles. The van der Waals surface area contributed by atoms with Crippen molar-refractivity contribution in [3.63, 3.8) is 0 Å². The molecule has 114 valence electrons. The fourth-order valence-electron chi connectivity index (χ4n) is 2.27. The van der Waals surface area contributed by atoms with Crippen molar-refractivity contribution in [3.05, 3.63) is 22.5 Å². The molecule has 1 aliphatic rings. The first-order valence-electron chi connectivity index (χ1n) is 5.86. The summed E-state index contributed by atoms with van der Waals surface area (Å²) in [6.45, 7) is 0.303. The fourth-order valence-corrected chi connectivity index (χ4v) is 2.27. The third-order valence-corrected chi connectivity index (χ3v) is 3.52. The molecule has 1 aromatic heterocycles. The van der Waals surface area contributed by atoms with Gasteiger partial charge in [-0.3, -0.25) is 4.57 Å². The van der Waals surface area contributed by atoms with Gasteiger partial charge in [-0.2, -0.15) is 10.2 Å². The lowest BCUT2D eigenvalue weighted by Crippen LogP contribution is -2.58. The molecule has 2 heterocycles. The van der Waals surface area contributed by atoms with Gasteiger partial charge in [0.05, 0.1) is 12.8 Å². The van der Waals surface area contributed by atoms with Gasteiger partial charge >= 0.3 is 5.69 Å². The molecule has 2 rings (SSSR count). The van der Waals surface area contributed by atoms with Gasteiger partial charge in [0.1, 0.15) is 18.3 Å². The van der Waals surface area contributed by atoms with Crippen LogP contribution in [0.2, 0.25) is 0 Å². The van der Waals surface area contributed by atoms with Crippen LogP contribution in [0.15, 0.2) is 11.0 Å². The van der Waals surface area contributed by atoms with Gasteiger partial charge in [0.25, 0.3) is 5.72 Å². The molecule has 1 fully saturated rings. The Labute approximate surface area is 117 Å². The van der Waals surface area contributed by atoms with Crippen LogP contribution in [0.5, 0.6) is 0 Å². The minimum absolute atomic E-state index is 0.400. The summed E-state index contributed by atoms with van der Waals surface area (Å²) in [5.41, 5.74) is -0.768. The largest absolute Gasteiger partial charge is 0.394 e. The monoisotopic (exact) mass is 300 g/mol. The van der Waals surface area contributed by atoms with Crippen molar-refractivity contribution in [2.24, 2.45) is 0 Å². The van der Waals surface area contributed by atoms with Gasteiger partial charge in [-0.05, 0) is 6.92 Å². The molecule has 4 atom stereocenters. The first-order chi connectivity index (χ1) is 9.71. The quantitative estimate of drug-likeness (QED) is 0.473. The lowest BCUT2D eigenvalue weighted by molar-refractivity contribution is -0.152. The molecule has 0 saturated carbocycles. The molecular weight excluding hydrogens is 287 g/mol. The van der Waals surface area contributed by atoms with Crippen LogP contribution < -0.4 is 11.4 Å². The van der Waals surface area contributed by atoms with Gasteiger partial charge in [-0.25, -0.2) is 9.18 Å². The zero-order valence-corrected chi connectivity index (χ0v) is 10.9. The normalized spacial score (nSPS) is 35.6. The second-order valence-corrected chi connectivity index (χ2v) is 4.81. The summed E-state index contributed by atoms with van der Waals surface area (Å²) in [7, 11) is 0. The number of aromatic nitrogens is 2. The number of nitrogens with two attached hydrogens (primary N) is 1. The first-order valence-corrected chi connectivity index (χ1v) is 5.86. The molecule has 1 aliphatic heterocycles. The highest BCUT2D eigenvalue weighted by atomic mass is 19.1. The second-order valence-electron chi connectivity index (χ2n) is 4.81. The Bertz CT molecular complexity index is 670. The van der Waals surface area contributed by atoms with Crippen molar-refractivity contribution in [2.45, 2.75) is 30.5 Å². The van der Waals surface area contributed by atoms with Crippen LogP contribution in [-0.4, -0.2) is 49.3 Å². The Hall–Kier alpha value is -2.06. The van der Waals surface area contributed by atoms with E-state index in [1.165, 1.54) is 6.07 Å². The molecule has 21 heavy (non-hydrogen) atoms. The number of nitrogen functional groups attached to an aromatic ring is 1. The minimum atomic E-state index is -2.46. The van der Waals surface area contributed by atoms with E-state index in [1.807, 2.05) is 0 Å². The zero-order valence-electron chi connectivity index (χ0n) is 10.9. The number of nitriles is 1. The Balaban J connectivity index is 2.72. The van der Waals surface area contributed by atoms with E-state index in [-0.39, 0.29) is 0 Å². The molecule has 0 spiro atoms. The van der Waals surface area contributed by atoms with Gasteiger partial charge in [-0.15, -0.1) is 0 Å². The van der Waals surface area contributed by atoms with Crippen molar-refractivity contribution in [1.29, 1.82) is 5.26 Å². The van der Waals surface area contributed by atoms with Gasteiger partial charge in [-0.1, -0.05) is 0 Å². The number of hydrogen-bond donors (Lipinski definition) is 4. The highest BCUT2D eigenvalue weighted by molar-refractivity contribution is 5.28. The Morgan fingerprint density at radius 2 is 2.33 bits per heavy atom. The van der Waals surface area contributed by atoms with Crippen molar-refractivity contribution >= 4 is 5.82 Å². The highest BCUT2D eigenvalue weighted by Gasteiger charge is 2.65. The van der Waals surface area contributed by atoms with E-state index in [0.29, 0.717) is 10.8 Å². The number of hydrogen-bond acceptors (Lipinski definition) is 8. The topological polar surface area (TPSA) is 155 Å². The van der Waals surface area contributed by atoms with Gasteiger partial charge in [0.2, 0.25) is 0 Å². The predicted octanol–water partition coefficient (Wildman–Crippen LogP) is -2.36. The van der Waals surface area contributed by atoms with Gasteiger partial charge < -0.3 is 25.8 Å². The highest BCUT2D eigenvalue weighted by Crippen LogP contribution is 2.42. The Morgan fingerprint density at radius 1 is 1.71 bits per heavy atom. The van der Waals surface area contributed by atoms with E-state index in [1.54, 1.807) is 0 Å². The SMILES string of the molecule is CC1(O)C(O)C(CO)OC1(C#N)n1cc(F)c(N)nc1=O. The van der Waals surface area contributed by atoms with Crippen LogP contribution in [0, 0.1) is 17.1 Å². The lowest BCUT2D eigenvalue weighted by atomic mass is 9.88. The number of rotatable bonds is 2. The fraction of sp³-hybridized carbons (Fsp3) is 0.545. The van der Waals surface area contributed by atoms with Crippen molar-refractivity contribution < 1.29 is 24.4 Å². The molecule has 10 heteroatoms. The molecular formula is C11H13FN4O5. The number of halogens is 1. The molecule has 5 N–H and O–H groups in total. The maximum absolute atomic E-state index is 13.5. The van der Waals surface area contributed by atoms with Crippen LogP contribution in [0.25, 0.3) is 0 Å². The predicted molar refractivity (Wildman–Crippen MR) is 65.0 cm³/mol. The van der Waals surface area contributed by atoms with Crippen molar-refractivity contribution in [1.82, 2.24) is 9.55 Å². The number of aliphatic hydroxyl groups excluding tert-OH is 2. The number of aliphatic hydroxyl groups is 3. The summed E-state index contributed by atoms with van der Waals surface area (Å²) >= 11 is 0. The molecule has 1 aromatic rings. The van der Waals surface area contributed by atoms with E-state index in [0.717, 1.165) is 6.92 Å². The molecule has 0 amide bonds. The minimum Gasteiger partial charge on any atom is -0.394 e. The Kier molecular flexibility index (Phi) is 3.46. The van der Waals surface area contributed by atoms with Crippen LogP contribution in [0.1, 0.15) is 6.92 Å². The smallest absolute Gasteiger partial charge is 0.352 e. The second kappa shape index (κ2) is 4.74. The van der Waals surface area contributed by atoms with Crippen LogP contribution in [-0.2, 0) is 10.5 Å². The van der Waals surface area contributed by atoms with Crippen molar-refractivity contribution in [2.75, 3.05) is 12.3 Å². The van der Waals surface area contributed by atoms with E-state index in [2.05, 4.69) is 4.98 Å². The summed E-state index contributed by atoms with van der Waals surface area (Å²) < 4.78 is 19.1. The summed E-state index contributed by atoms with van der Waals surface area (Å²) in [6.07, 6.45) is -2.48. The molecule has 0 radical (unpaired) electrons. The molecule has 0 aromatic carbocycles. The van der Waals surface area contributed by atoms with Crippen LogP contribution >= 0.6 is 0 Å². The third kappa shape index (κ3) is 1.90. The summed E-state index contributed by atoms with van der Waals surface area (Å²) in [6, 6.07) is 1.54. The average molecular weight is 300 g/mol.